The zero-order valence-corrected chi connectivity index (χ0v) is 14.9. The molecule has 1 unspecified atom stereocenters. The van der Waals surface area contributed by atoms with E-state index in [1.165, 1.54) is 5.69 Å². The number of fused-ring (bicyclic) bond motifs is 1. The summed E-state index contributed by atoms with van der Waals surface area (Å²) in [5.74, 6) is 0.167. The molecule has 1 fully saturated rings. The summed E-state index contributed by atoms with van der Waals surface area (Å²) in [5.41, 5.74) is 2.24. The van der Waals surface area contributed by atoms with Crippen LogP contribution in [0.3, 0.4) is 0 Å². The van der Waals surface area contributed by atoms with Gasteiger partial charge in [0.1, 0.15) is 0 Å². The zero-order valence-electron chi connectivity index (χ0n) is 14.1. The van der Waals surface area contributed by atoms with Crippen molar-refractivity contribution in [1.29, 1.82) is 0 Å². The van der Waals surface area contributed by atoms with Gasteiger partial charge in [-0.3, -0.25) is 9.69 Å². The first-order valence-corrected chi connectivity index (χ1v) is 9.11. The Kier molecular flexibility index (Phi) is 4.79. The molecule has 1 amide bonds. The van der Waals surface area contributed by atoms with Crippen molar-refractivity contribution in [3.05, 3.63) is 58.9 Å². The molecule has 0 aliphatic carbocycles. The highest BCUT2D eigenvalue weighted by atomic mass is 35.5. The zero-order chi connectivity index (χ0) is 17.2. The lowest BCUT2D eigenvalue weighted by atomic mass is 9.99. The minimum atomic E-state index is 0.00226. The molecule has 0 spiro atoms. The lowest BCUT2D eigenvalue weighted by Gasteiger charge is -2.38. The van der Waals surface area contributed by atoms with Gasteiger partial charge >= 0.3 is 0 Å². The monoisotopic (exact) mass is 359 g/mol. The molecule has 1 aromatic carbocycles. The average Bonchev–Trinajstić information content (AvgIpc) is 3.12. The smallest absolute Gasteiger partial charge is 0.236 e. The number of amides is 1. The normalized spacial score (nSPS) is 21.2. The van der Waals surface area contributed by atoms with Crippen LogP contribution in [-0.2, 0) is 16.1 Å². The maximum Gasteiger partial charge on any atom is 0.236 e. The fraction of sp³-hybridized carbons (Fsp3) is 0.421. The molecule has 25 heavy (non-hydrogen) atoms. The van der Waals surface area contributed by atoms with E-state index in [1.807, 2.05) is 23.1 Å². The van der Waals surface area contributed by atoms with Crippen molar-refractivity contribution in [1.82, 2.24) is 14.4 Å². The fourth-order valence-electron chi connectivity index (χ4n) is 3.74. The number of rotatable bonds is 3. The Morgan fingerprint density at radius 2 is 1.88 bits per heavy atom. The fourth-order valence-corrected chi connectivity index (χ4v) is 3.98. The van der Waals surface area contributed by atoms with E-state index in [0.29, 0.717) is 32.8 Å². The molecule has 3 heterocycles. The quantitative estimate of drug-likeness (QED) is 0.844. The topological polar surface area (TPSA) is 37.7 Å². The van der Waals surface area contributed by atoms with Gasteiger partial charge in [-0.1, -0.05) is 29.8 Å². The Balaban J connectivity index is 1.62. The van der Waals surface area contributed by atoms with E-state index < -0.39 is 0 Å². The van der Waals surface area contributed by atoms with Crippen molar-refractivity contribution in [2.75, 3.05) is 39.4 Å². The molecule has 132 valence electrons. The summed E-state index contributed by atoms with van der Waals surface area (Å²) in [5, 5.41) is 0.742. The number of carbonyl (C=O) groups excluding carboxylic acids is 1. The number of hydrogen-bond acceptors (Lipinski definition) is 3. The molecule has 1 saturated heterocycles. The molecule has 1 aromatic heterocycles. The lowest BCUT2D eigenvalue weighted by molar-refractivity contribution is -0.137. The van der Waals surface area contributed by atoms with Crippen molar-refractivity contribution in [2.24, 2.45) is 0 Å². The predicted octanol–water partition coefficient (Wildman–Crippen LogP) is 2.41. The first kappa shape index (κ1) is 16.6. The van der Waals surface area contributed by atoms with E-state index >= 15 is 0 Å². The van der Waals surface area contributed by atoms with E-state index in [4.69, 9.17) is 16.3 Å². The molecular weight excluding hydrogens is 338 g/mol. The molecule has 2 aromatic rings. The van der Waals surface area contributed by atoms with Gasteiger partial charge in [0.2, 0.25) is 5.91 Å². The van der Waals surface area contributed by atoms with Crippen LogP contribution in [-0.4, -0.2) is 59.7 Å². The molecule has 0 saturated carbocycles. The maximum atomic E-state index is 12.8. The first-order chi connectivity index (χ1) is 12.2. The van der Waals surface area contributed by atoms with Crippen LogP contribution >= 0.6 is 11.6 Å². The molecule has 0 radical (unpaired) electrons. The van der Waals surface area contributed by atoms with Crippen molar-refractivity contribution < 1.29 is 9.53 Å². The number of nitrogens with zero attached hydrogens (tertiary/aromatic N) is 3. The molecule has 2 aliphatic heterocycles. The standard InChI is InChI=1S/C19H22ClN3O2/c20-16-5-2-1-4-15(16)19-17-6-3-7-21(17)8-9-23(19)14-18(24)22-10-12-25-13-11-22/h1-7,19H,8-14H2. The van der Waals surface area contributed by atoms with Crippen molar-refractivity contribution in [3.8, 4) is 0 Å². The second-order valence-electron chi connectivity index (χ2n) is 6.51. The Bertz CT molecular complexity index is 755. The van der Waals surface area contributed by atoms with Crippen LogP contribution < -0.4 is 0 Å². The van der Waals surface area contributed by atoms with Gasteiger partial charge < -0.3 is 14.2 Å². The number of morpholine rings is 1. The molecule has 6 heteroatoms. The Labute approximate surface area is 152 Å². The number of aromatic nitrogens is 1. The molecular formula is C19H22ClN3O2. The number of halogens is 1. The summed E-state index contributed by atoms with van der Waals surface area (Å²) in [7, 11) is 0. The third-order valence-corrected chi connectivity index (χ3v) is 5.38. The van der Waals surface area contributed by atoms with Gasteiger partial charge in [0.15, 0.2) is 0 Å². The largest absolute Gasteiger partial charge is 0.378 e. The summed E-state index contributed by atoms with van der Waals surface area (Å²) in [6.45, 7) is 4.74. The number of ether oxygens (including phenoxy) is 1. The third-order valence-electron chi connectivity index (χ3n) is 5.04. The van der Waals surface area contributed by atoms with E-state index in [-0.39, 0.29) is 11.9 Å². The summed E-state index contributed by atoms with van der Waals surface area (Å²) < 4.78 is 7.61. The summed E-state index contributed by atoms with van der Waals surface area (Å²) in [6.07, 6.45) is 2.10. The van der Waals surface area contributed by atoms with Crippen LogP contribution in [0.5, 0.6) is 0 Å². The molecule has 4 rings (SSSR count). The summed E-state index contributed by atoms with van der Waals surface area (Å²) >= 11 is 6.49. The third kappa shape index (κ3) is 3.32. The number of hydrogen-bond donors (Lipinski definition) is 0. The van der Waals surface area contributed by atoms with Crippen molar-refractivity contribution >= 4 is 17.5 Å². The van der Waals surface area contributed by atoms with Gasteiger partial charge in [0.05, 0.1) is 25.8 Å². The van der Waals surface area contributed by atoms with Gasteiger partial charge in [-0.2, -0.15) is 0 Å². The second kappa shape index (κ2) is 7.20. The molecule has 1 atom stereocenters. The molecule has 0 bridgehead atoms. The van der Waals surface area contributed by atoms with Crippen LogP contribution in [0.1, 0.15) is 17.3 Å². The second-order valence-corrected chi connectivity index (χ2v) is 6.92. The van der Waals surface area contributed by atoms with Crippen molar-refractivity contribution in [3.63, 3.8) is 0 Å². The molecule has 0 N–H and O–H groups in total. The SMILES string of the molecule is O=C(CN1CCn2cccc2C1c1ccccc1Cl)N1CCOCC1. The summed E-state index contributed by atoms with van der Waals surface area (Å²) in [4.78, 5) is 16.9. The number of benzene rings is 1. The highest BCUT2D eigenvalue weighted by molar-refractivity contribution is 6.31. The van der Waals surface area contributed by atoms with Crippen LogP contribution in [0.15, 0.2) is 42.6 Å². The predicted molar refractivity (Wildman–Crippen MR) is 96.7 cm³/mol. The van der Waals surface area contributed by atoms with Gasteiger partial charge in [0, 0.05) is 43.1 Å². The van der Waals surface area contributed by atoms with E-state index in [2.05, 4.69) is 33.9 Å². The average molecular weight is 360 g/mol. The Hall–Kier alpha value is -1.82. The van der Waals surface area contributed by atoms with Gasteiger partial charge in [0.25, 0.3) is 0 Å². The van der Waals surface area contributed by atoms with E-state index in [0.717, 1.165) is 23.7 Å². The summed E-state index contributed by atoms with van der Waals surface area (Å²) in [6, 6.07) is 12.1. The Morgan fingerprint density at radius 3 is 2.68 bits per heavy atom. The van der Waals surface area contributed by atoms with Gasteiger partial charge in [-0.25, -0.2) is 0 Å². The number of carbonyl (C=O) groups is 1. The lowest BCUT2D eigenvalue weighted by Crippen LogP contribution is -2.48. The van der Waals surface area contributed by atoms with Crippen LogP contribution in [0.25, 0.3) is 0 Å². The highest BCUT2D eigenvalue weighted by Crippen LogP contribution is 2.35. The van der Waals surface area contributed by atoms with Crippen molar-refractivity contribution in [2.45, 2.75) is 12.6 Å². The van der Waals surface area contributed by atoms with Crippen LogP contribution in [0, 0.1) is 0 Å². The first-order valence-electron chi connectivity index (χ1n) is 8.73. The minimum absolute atomic E-state index is 0.00226. The van der Waals surface area contributed by atoms with E-state index in [1.54, 1.807) is 0 Å². The minimum Gasteiger partial charge on any atom is -0.378 e. The Morgan fingerprint density at radius 1 is 1.08 bits per heavy atom. The van der Waals surface area contributed by atoms with Crippen LogP contribution in [0.4, 0.5) is 0 Å². The van der Waals surface area contributed by atoms with Gasteiger partial charge in [-0.15, -0.1) is 0 Å². The maximum absolute atomic E-state index is 12.8. The molecule has 2 aliphatic rings. The van der Waals surface area contributed by atoms with E-state index in [9.17, 15) is 4.79 Å². The molecule has 5 nitrogen and oxygen atoms in total. The van der Waals surface area contributed by atoms with Gasteiger partial charge in [-0.05, 0) is 23.8 Å². The highest BCUT2D eigenvalue weighted by Gasteiger charge is 2.32. The van der Waals surface area contributed by atoms with Crippen LogP contribution in [0.2, 0.25) is 5.02 Å².